The fourth-order valence-corrected chi connectivity index (χ4v) is 4.73. The van der Waals surface area contributed by atoms with Crippen LogP contribution in [0.3, 0.4) is 0 Å². The molecule has 0 saturated heterocycles. The number of benzene rings is 1. The first-order valence-electron chi connectivity index (χ1n) is 11.3. The van der Waals surface area contributed by atoms with Gasteiger partial charge in [-0.1, -0.05) is 0 Å². The molecule has 1 aromatic carbocycles. The molecule has 1 aliphatic carbocycles. The predicted octanol–water partition coefficient (Wildman–Crippen LogP) is 5.10. The summed E-state index contributed by atoms with van der Waals surface area (Å²) in [5, 5.41) is 3.46. The first kappa shape index (κ1) is 19.2. The van der Waals surface area contributed by atoms with E-state index in [-0.39, 0.29) is 11.9 Å². The van der Waals surface area contributed by atoms with Crippen LogP contribution < -0.4 is 5.32 Å². The lowest BCUT2D eigenvalue weighted by Gasteiger charge is -2.26. The van der Waals surface area contributed by atoms with E-state index in [0.717, 1.165) is 60.7 Å². The van der Waals surface area contributed by atoms with Crippen LogP contribution in [0.4, 0.5) is 10.3 Å². The maximum atomic E-state index is 13.6. The molecule has 162 valence electrons. The lowest BCUT2D eigenvalue weighted by molar-refractivity contribution is 0.443. The Bertz CT molecular complexity index is 1220. The van der Waals surface area contributed by atoms with Gasteiger partial charge in [0, 0.05) is 43.2 Å². The number of hydrogen-bond donors (Lipinski definition) is 1. The highest BCUT2D eigenvalue weighted by Gasteiger charge is 2.31. The zero-order chi connectivity index (χ0) is 21.5. The van der Waals surface area contributed by atoms with Gasteiger partial charge >= 0.3 is 0 Å². The van der Waals surface area contributed by atoms with Crippen molar-refractivity contribution >= 4 is 5.95 Å². The van der Waals surface area contributed by atoms with Crippen molar-refractivity contribution in [1.82, 2.24) is 24.1 Å². The van der Waals surface area contributed by atoms with Gasteiger partial charge in [0.05, 0.1) is 23.1 Å². The number of aryl methyl sites for hydroxylation is 1. The van der Waals surface area contributed by atoms with Crippen molar-refractivity contribution < 1.29 is 4.39 Å². The zero-order valence-corrected chi connectivity index (χ0v) is 17.8. The van der Waals surface area contributed by atoms with Gasteiger partial charge in [0.25, 0.3) is 0 Å². The maximum absolute atomic E-state index is 13.6. The third-order valence-electron chi connectivity index (χ3n) is 6.59. The van der Waals surface area contributed by atoms with Crippen molar-refractivity contribution in [2.45, 2.75) is 50.7 Å². The largest absolute Gasteiger partial charge is 0.352 e. The summed E-state index contributed by atoms with van der Waals surface area (Å²) in [6.45, 7) is 0.879. The third-order valence-corrected chi connectivity index (χ3v) is 6.59. The van der Waals surface area contributed by atoms with Crippen molar-refractivity contribution in [3.63, 3.8) is 0 Å². The average Bonchev–Trinajstić information content (AvgIpc) is 3.50. The van der Waals surface area contributed by atoms with Crippen molar-refractivity contribution in [1.29, 1.82) is 0 Å². The minimum absolute atomic E-state index is 0.249. The molecule has 4 aromatic rings. The highest BCUT2D eigenvalue weighted by atomic mass is 19.1. The molecule has 0 amide bonds. The van der Waals surface area contributed by atoms with Crippen molar-refractivity contribution in [3.8, 4) is 22.6 Å². The first-order chi connectivity index (χ1) is 15.7. The van der Waals surface area contributed by atoms with Crippen LogP contribution in [-0.2, 0) is 13.0 Å². The highest BCUT2D eigenvalue weighted by molar-refractivity contribution is 5.78. The molecule has 4 heterocycles. The Morgan fingerprint density at radius 1 is 1.00 bits per heavy atom. The molecule has 0 spiro atoms. The number of fused-ring (bicyclic) bond motifs is 1. The quantitative estimate of drug-likeness (QED) is 0.464. The molecular formula is C25H25FN6. The topological polar surface area (TPSA) is 60.6 Å². The molecule has 1 unspecified atom stereocenters. The minimum Gasteiger partial charge on any atom is -0.352 e. The molecule has 3 aromatic heterocycles. The summed E-state index contributed by atoms with van der Waals surface area (Å²) >= 11 is 0. The van der Waals surface area contributed by atoms with Gasteiger partial charge in [0.1, 0.15) is 11.6 Å². The van der Waals surface area contributed by atoms with Gasteiger partial charge in [0.2, 0.25) is 5.95 Å². The molecule has 0 radical (unpaired) electrons. The molecule has 1 atom stereocenters. The van der Waals surface area contributed by atoms with E-state index in [4.69, 9.17) is 9.97 Å². The second kappa shape index (κ2) is 7.89. The van der Waals surface area contributed by atoms with E-state index < -0.39 is 0 Å². The minimum atomic E-state index is -0.249. The molecule has 2 aliphatic rings. The summed E-state index contributed by atoms with van der Waals surface area (Å²) in [6.07, 6.45) is 11.5. The lowest BCUT2D eigenvalue weighted by atomic mass is 9.93. The Balaban J connectivity index is 1.46. The summed E-state index contributed by atoms with van der Waals surface area (Å²) in [6, 6.07) is 13.4. The smallest absolute Gasteiger partial charge is 0.223 e. The fourth-order valence-electron chi connectivity index (χ4n) is 4.73. The Labute approximate surface area is 186 Å². The number of anilines is 1. The summed E-state index contributed by atoms with van der Waals surface area (Å²) in [7, 11) is 0. The monoisotopic (exact) mass is 428 g/mol. The lowest BCUT2D eigenvalue weighted by Crippen LogP contribution is -2.28. The van der Waals surface area contributed by atoms with Gasteiger partial charge in [-0.2, -0.15) is 0 Å². The highest BCUT2D eigenvalue weighted by Crippen LogP contribution is 2.40. The number of nitrogens with zero attached hydrogens (tertiary/aromatic N) is 5. The SMILES string of the molecule is Fc1ccc(-c2nc3n(c2-c2ccnc(NC4CCC4)n2)C(Cn2cccc2)CC3)cc1. The van der Waals surface area contributed by atoms with Gasteiger partial charge in [-0.3, -0.25) is 0 Å². The van der Waals surface area contributed by atoms with Crippen LogP contribution in [-0.4, -0.2) is 30.1 Å². The third kappa shape index (κ3) is 3.47. The van der Waals surface area contributed by atoms with Gasteiger partial charge in [-0.25, -0.2) is 19.3 Å². The van der Waals surface area contributed by atoms with E-state index in [1.165, 1.54) is 18.6 Å². The maximum Gasteiger partial charge on any atom is 0.223 e. The molecule has 7 heteroatoms. The molecule has 1 aliphatic heterocycles. The first-order valence-corrected chi connectivity index (χ1v) is 11.3. The number of imidazole rings is 1. The van der Waals surface area contributed by atoms with Gasteiger partial charge in [-0.15, -0.1) is 0 Å². The summed E-state index contributed by atoms with van der Waals surface area (Å²) in [5.74, 6) is 1.47. The Hall–Kier alpha value is -3.48. The van der Waals surface area contributed by atoms with Gasteiger partial charge in [0.15, 0.2) is 0 Å². The summed E-state index contributed by atoms with van der Waals surface area (Å²) in [4.78, 5) is 14.4. The Morgan fingerprint density at radius 2 is 1.81 bits per heavy atom. The van der Waals surface area contributed by atoms with Crippen LogP contribution in [0, 0.1) is 5.82 Å². The van der Waals surface area contributed by atoms with E-state index in [1.807, 2.05) is 12.3 Å². The molecule has 1 saturated carbocycles. The fraction of sp³-hybridized carbons (Fsp3) is 0.320. The van der Waals surface area contributed by atoms with Crippen LogP contribution in [0.25, 0.3) is 22.6 Å². The van der Waals surface area contributed by atoms with Crippen LogP contribution in [0.5, 0.6) is 0 Å². The van der Waals surface area contributed by atoms with Crippen LogP contribution in [0.15, 0.2) is 61.1 Å². The number of nitrogens with one attached hydrogen (secondary N) is 1. The summed E-state index contributed by atoms with van der Waals surface area (Å²) in [5.41, 5.74) is 3.58. The Morgan fingerprint density at radius 3 is 2.56 bits per heavy atom. The molecule has 1 N–H and O–H groups in total. The summed E-state index contributed by atoms with van der Waals surface area (Å²) < 4.78 is 18.2. The number of hydrogen-bond acceptors (Lipinski definition) is 4. The second-order valence-corrected chi connectivity index (χ2v) is 8.71. The van der Waals surface area contributed by atoms with E-state index in [9.17, 15) is 4.39 Å². The normalized spacial score (nSPS) is 17.8. The average molecular weight is 429 g/mol. The molecule has 1 fully saturated rings. The standard InChI is InChI=1S/C25H25FN6/c26-18-8-6-17(7-9-18)23-24(21-12-13-27-25(29-21)28-19-4-3-5-19)32-20(10-11-22(32)30-23)16-31-14-1-2-15-31/h1-2,6-9,12-15,19-20H,3-5,10-11,16H2,(H,27,28,29). The molecule has 32 heavy (non-hydrogen) atoms. The van der Waals surface area contributed by atoms with E-state index in [0.29, 0.717) is 12.0 Å². The van der Waals surface area contributed by atoms with Gasteiger partial charge < -0.3 is 14.5 Å². The van der Waals surface area contributed by atoms with E-state index in [1.54, 1.807) is 12.1 Å². The van der Waals surface area contributed by atoms with Crippen molar-refractivity contribution in [3.05, 3.63) is 72.7 Å². The number of aromatic nitrogens is 5. The predicted molar refractivity (Wildman–Crippen MR) is 122 cm³/mol. The molecule has 6 nitrogen and oxygen atoms in total. The number of rotatable bonds is 6. The van der Waals surface area contributed by atoms with E-state index >= 15 is 0 Å². The van der Waals surface area contributed by atoms with Crippen LogP contribution >= 0.6 is 0 Å². The zero-order valence-electron chi connectivity index (χ0n) is 17.8. The Kier molecular flexibility index (Phi) is 4.74. The van der Waals surface area contributed by atoms with Crippen LogP contribution in [0.2, 0.25) is 0 Å². The molecule has 6 rings (SSSR count). The number of halogens is 1. The van der Waals surface area contributed by atoms with Crippen molar-refractivity contribution in [2.24, 2.45) is 0 Å². The van der Waals surface area contributed by atoms with Crippen LogP contribution in [0.1, 0.15) is 37.5 Å². The molecular weight excluding hydrogens is 403 g/mol. The second-order valence-electron chi connectivity index (χ2n) is 8.71. The van der Waals surface area contributed by atoms with E-state index in [2.05, 4.69) is 44.0 Å². The van der Waals surface area contributed by atoms with Crippen molar-refractivity contribution in [2.75, 3.05) is 5.32 Å². The molecule has 0 bridgehead atoms. The van der Waals surface area contributed by atoms with Gasteiger partial charge in [-0.05, 0) is 68.1 Å².